The Balaban J connectivity index is 2.46. The Bertz CT molecular complexity index is 297. The predicted octanol–water partition coefficient (Wildman–Crippen LogP) is 2.67. The van der Waals surface area contributed by atoms with Gasteiger partial charge in [-0.2, -0.15) is 11.8 Å². The number of hydrogen-bond acceptors (Lipinski definition) is 3. The summed E-state index contributed by atoms with van der Waals surface area (Å²) in [5.41, 5.74) is 3.44. The Labute approximate surface area is 96.6 Å². The molecule has 2 heterocycles. The van der Waals surface area contributed by atoms with Crippen LogP contribution in [0.3, 0.4) is 0 Å². The van der Waals surface area contributed by atoms with Gasteiger partial charge in [-0.05, 0) is 11.0 Å². The summed E-state index contributed by atoms with van der Waals surface area (Å²) in [6.07, 6.45) is 1.85. The van der Waals surface area contributed by atoms with Gasteiger partial charge in [0, 0.05) is 22.6 Å². The van der Waals surface area contributed by atoms with Crippen molar-refractivity contribution in [2.24, 2.45) is 15.8 Å². The van der Waals surface area contributed by atoms with Crippen molar-refractivity contribution in [1.82, 2.24) is 5.32 Å². The Kier molecular flexibility index (Phi) is 2.61. The molecule has 0 aromatic heterocycles. The Morgan fingerprint density at radius 2 is 1.87 bits per heavy atom. The molecule has 0 aliphatic carbocycles. The van der Waals surface area contributed by atoms with Crippen molar-refractivity contribution < 1.29 is 0 Å². The highest BCUT2D eigenvalue weighted by atomic mass is 32.2. The quantitative estimate of drug-likeness (QED) is 0.684. The van der Waals surface area contributed by atoms with E-state index in [9.17, 15) is 0 Å². The van der Waals surface area contributed by atoms with Gasteiger partial charge in [-0.1, -0.05) is 27.7 Å². The lowest BCUT2D eigenvalue weighted by atomic mass is 9.78. The minimum Gasteiger partial charge on any atom is -0.350 e. The van der Waals surface area contributed by atoms with E-state index in [1.807, 2.05) is 6.34 Å². The van der Waals surface area contributed by atoms with Gasteiger partial charge in [-0.25, -0.2) is 0 Å². The molecular formula is C12H20N2S. The van der Waals surface area contributed by atoms with Gasteiger partial charge in [0.15, 0.2) is 0 Å². The summed E-state index contributed by atoms with van der Waals surface area (Å²) in [5, 5.41) is 3.38. The standard InChI is InChI=1S/C12H20N2S/c1-11(2)6-15-7-12(3,4)10-9(11)5-13-8-14-10/h8H,5-7H2,1-4H3,(H,13,14). The minimum atomic E-state index is 0.250. The first kappa shape index (κ1) is 11.1. The molecular weight excluding hydrogens is 204 g/mol. The lowest BCUT2D eigenvalue weighted by Crippen LogP contribution is -2.34. The fraction of sp³-hybridized carbons (Fsp3) is 0.750. The molecule has 1 N–H and O–H groups in total. The van der Waals surface area contributed by atoms with E-state index in [1.54, 1.807) is 0 Å². The summed E-state index contributed by atoms with van der Waals surface area (Å²) < 4.78 is 0. The van der Waals surface area contributed by atoms with Gasteiger partial charge in [0.25, 0.3) is 0 Å². The van der Waals surface area contributed by atoms with Crippen LogP contribution in [0.4, 0.5) is 0 Å². The third kappa shape index (κ3) is 1.94. The molecule has 0 amide bonds. The molecule has 0 spiro atoms. The van der Waals surface area contributed by atoms with Crippen molar-refractivity contribution in [3.05, 3.63) is 11.3 Å². The van der Waals surface area contributed by atoms with E-state index in [2.05, 4.69) is 49.8 Å². The highest BCUT2D eigenvalue weighted by molar-refractivity contribution is 7.99. The molecule has 2 rings (SSSR count). The lowest BCUT2D eigenvalue weighted by Gasteiger charge is -2.33. The van der Waals surface area contributed by atoms with Crippen LogP contribution in [0.1, 0.15) is 27.7 Å². The largest absolute Gasteiger partial charge is 0.350 e. The van der Waals surface area contributed by atoms with E-state index in [4.69, 9.17) is 0 Å². The van der Waals surface area contributed by atoms with Gasteiger partial charge in [0.2, 0.25) is 0 Å². The van der Waals surface area contributed by atoms with Crippen molar-refractivity contribution in [2.75, 3.05) is 18.1 Å². The Morgan fingerprint density at radius 1 is 1.20 bits per heavy atom. The predicted molar refractivity (Wildman–Crippen MR) is 68.4 cm³/mol. The number of hydrogen-bond donors (Lipinski definition) is 1. The zero-order chi connectivity index (χ0) is 11.1. The highest BCUT2D eigenvalue weighted by Crippen LogP contribution is 2.44. The second-order valence-corrected chi connectivity index (χ2v) is 6.71. The van der Waals surface area contributed by atoms with Gasteiger partial charge >= 0.3 is 0 Å². The molecule has 0 aromatic carbocycles. The SMILES string of the molecule is CC1(C)CSCC(C)(C)C2=C1CN=CN2. The average Bonchev–Trinajstić information content (AvgIpc) is 2.24. The first-order valence-corrected chi connectivity index (χ1v) is 6.66. The molecule has 0 fully saturated rings. The fourth-order valence-electron chi connectivity index (χ4n) is 2.29. The Morgan fingerprint density at radius 3 is 2.60 bits per heavy atom. The third-order valence-electron chi connectivity index (χ3n) is 3.27. The number of thioether (sulfide) groups is 1. The normalized spacial score (nSPS) is 28.0. The molecule has 0 unspecified atom stereocenters. The smallest absolute Gasteiger partial charge is 0.0869 e. The zero-order valence-electron chi connectivity index (χ0n) is 10.1. The van der Waals surface area contributed by atoms with Crippen molar-refractivity contribution >= 4 is 18.1 Å². The van der Waals surface area contributed by atoms with Crippen LogP contribution >= 0.6 is 11.8 Å². The van der Waals surface area contributed by atoms with Crippen molar-refractivity contribution in [3.63, 3.8) is 0 Å². The minimum absolute atomic E-state index is 0.250. The van der Waals surface area contributed by atoms with E-state index in [0.717, 1.165) is 6.54 Å². The molecule has 0 atom stereocenters. The molecule has 2 nitrogen and oxygen atoms in total. The van der Waals surface area contributed by atoms with E-state index in [0.29, 0.717) is 0 Å². The first-order chi connectivity index (χ1) is 6.93. The van der Waals surface area contributed by atoms with Gasteiger partial charge in [0.05, 0.1) is 12.9 Å². The maximum Gasteiger partial charge on any atom is 0.0869 e. The summed E-state index contributed by atoms with van der Waals surface area (Å²) in [6.45, 7) is 10.2. The van der Waals surface area contributed by atoms with Crippen LogP contribution < -0.4 is 5.32 Å². The number of nitrogens with one attached hydrogen (secondary N) is 1. The molecule has 0 radical (unpaired) electrons. The molecule has 0 saturated carbocycles. The number of aliphatic imine (C=N–C) groups is 1. The van der Waals surface area contributed by atoms with Crippen molar-refractivity contribution in [3.8, 4) is 0 Å². The number of rotatable bonds is 0. The summed E-state index contributed by atoms with van der Waals surface area (Å²) in [4.78, 5) is 4.36. The second-order valence-electron chi connectivity index (χ2n) is 5.73. The molecule has 2 aliphatic heterocycles. The maximum absolute atomic E-state index is 4.36. The summed E-state index contributed by atoms with van der Waals surface area (Å²) in [7, 11) is 0. The van der Waals surface area contributed by atoms with E-state index < -0.39 is 0 Å². The molecule has 15 heavy (non-hydrogen) atoms. The molecule has 84 valence electrons. The van der Waals surface area contributed by atoms with Crippen molar-refractivity contribution in [1.29, 1.82) is 0 Å². The van der Waals surface area contributed by atoms with Crippen LogP contribution in [0, 0.1) is 10.8 Å². The number of allylic oxidation sites excluding steroid dienone is 1. The van der Waals surface area contributed by atoms with Gasteiger partial charge in [-0.3, -0.25) is 4.99 Å². The summed E-state index contributed by atoms with van der Waals surface area (Å²) in [5.74, 6) is 2.39. The van der Waals surface area contributed by atoms with Gasteiger partial charge in [0.1, 0.15) is 0 Å². The third-order valence-corrected chi connectivity index (χ3v) is 5.12. The van der Waals surface area contributed by atoms with Gasteiger partial charge < -0.3 is 5.32 Å². The van der Waals surface area contributed by atoms with Crippen LogP contribution in [0.2, 0.25) is 0 Å². The van der Waals surface area contributed by atoms with Crippen LogP contribution in [-0.2, 0) is 0 Å². The molecule has 0 saturated heterocycles. The fourth-order valence-corrected chi connectivity index (χ4v) is 3.73. The number of nitrogens with zero attached hydrogens (tertiary/aromatic N) is 1. The van der Waals surface area contributed by atoms with E-state index in [1.165, 1.54) is 22.8 Å². The summed E-state index contributed by atoms with van der Waals surface area (Å²) in [6, 6.07) is 0. The van der Waals surface area contributed by atoms with Crippen molar-refractivity contribution in [2.45, 2.75) is 27.7 Å². The molecule has 2 aliphatic rings. The van der Waals surface area contributed by atoms with E-state index >= 15 is 0 Å². The zero-order valence-corrected chi connectivity index (χ0v) is 10.9. The molecule has 3 heteroatoms. The topological polar surface area (TPSA) is 24.4 Å². The van der Waals surface area contributed by atoms with E-state index in [-0.39, 0.29) is 10.8 Å². The van der Waals surface area contributed by atoms with Crippen LogP contribution in [0.5, 0.6) is 0 Å². The molecule has 0 aromatic rings. The monoisotopic (exact) mass is 224 g/mol. The highest BCUT2D eigenvalue weighted by Gasteiger charge is 2.37. The first-order valence-electron chi connectivity index (χ1n) is 5.50. The molecule has 0 bridgehead atoms. The van der Waals surface area contributed by atoms with Crippen LogP contribution in [-0.4, -0.2) is 24.4 Å². The summed E-state index contributed by atoms with van der Waals surface area (Å²) >= 11 is 2.06. The van der Waals surface area contributed by atoms with Crippen LogP contribution in [0.25, 0.3) is 0 Å². The average molecular weight is 224 g/mol. The van der Waals surface area contributed by atoms with Crippen LogP contribution in [0.15, 0.2) is 16.3 Å². The maximum atomic E-state index is 4.36. The van der Waals surface area contributed by atoms with Gasteiger partial charge in [-0.15, -0.1) is 0 Å². The second kappa shape index (κ2) is 3.55. The lowest BCUT2D eigenvalue weighted by molar-refractivity contribution is 0.445. The Hall–Kier alpha value is -0.440.